The molecule has 0 unspecified atom stereocenters. The number of aliphatic hydroxyl groups is 1. The summed E-state index contributed by atoms with van der Waals surface area (Å²) in [5.74, 6) is 0. The number of nitrogens with zero attached hydrogens (tertiary/aromatic N) is 1. The van der Waals surface area contributed by atoms with Gasteiger partial charge in [0.15, 0.2) is 0 Å². The van der Waals surface area contributed by atoms with Gasteiger partial charge in [-0.1, -0.05) is 12.1 Å². The van der Waals surface area contributed by atoms with E-state index >= 15 is 0 Å². The number of piperidine rings is 1. The summed E-state index contributed by atoms with van der Waals surface area (Å²) < 4.78 is 5.38. The number of benzene rings is 1. The molecule has 0 aliphatic carbocycles. The van der Waals surface area contributed by atoms with Gasteiger partial charge in [-0.25, -0.2) is 0 Å². The van der Waals surface area contributed by atoms with Crippen LogP contribution in [0.4, 0.5) is 5.69 Å². The van der Waals surface area contributed by atoms with Crippen LogP contribution in [0.1, 0.15) is 24.0 Å². The third-order valence-corrected chi connectivity index (χ3v) is 3.56. The Morgan fingerprint density at radius 2 is 2.06 bits per heavy atom. The van der Waals surface area contributed by atoms with Gasteiger partial charge in [0.2, 0.25) is 0 Å². The van der Waals surface area contributed by atoms with Crippen molar-refractivity contribution in [1.82, 2.24) is 0 Å². The highest BCUT2D eigenvalue weighted by Crippen LogP contribution is 2.25. The first-order valence-corrected chi connectivity index (χ1v) is 6.22. The fourth-order valence-corrected chi connectivity index (χ4v) is 2.50. The van der Waals surface area contributed by atoms with Crippen LogP contribution in [-0.4, -0.2) is 31.4 Å². The fraction of sp³-hybridized carbons (Fsp3) is 0.571. The third kappa shape index (κ3) is 2.79. The smallest absolute Gasteiger partial charge is 0.0681 e. The Hall–Kier alpha value is -1.06. The molecule has 1 fully saturated rings. The van der Waals surface area contributed by atoms with Crippen molar-refractivity contribution in [2.75, 3.05) is 25.1 Å². The van der Waals surface area contributed by atoms with Crippen LogP contribution in [0.25, 0.3) is 0 Å². The normalized spacial score (nSPS) is 17.5. The highest BCUT2D eigenvalue weighted by atomic mass is 16.5. The van der Waals surface area contributed by atoms with Crippen LogP contribution in [0.15, 0.2) is 18.2 Å². The van der Waals surface area contributed by atoms with Gasteiger partial charge in [0, 0.05) is 25.9 Å². The van der Waals surface area contributed by atoms with Crippen molar-refractivity contribution in [1.29, 1.82) is 0 Å². The summed E-state index contributed by atoms with van der Waals surface area (Å²) >= 11 is 0. The molecule has 1 saturated heterocycles. The molecule has 0 bridgehead atoms. The molecule has 0 radical (unpaired) electrons. The summed E-state index contributed by atoms with van der Waals surface area (Å²) in [6, 6.07) is 6.19. The minimum atomic E-state index is 0.118. The van der Waals surface area contributed by atoms with E-state index in [4.69, 9.17) is 9.84 Å². The number of aryl methyl sites for hydroxylation is 1. The van der Waals surface area contributed by atoms with Crippen molar-refractivity contribution in [3.05, 3.63) is 29.3 Å². The molecule has 0 atom stereocenters. The monoisotopic (exact) mass is 235 g/mol. The first-order chi connectivity index (χ1) is 8.24. The zero-order chi connectivity index (χ0) is 12.3. The van der Waals surface area contributed by atoms with E-state index in [0.717, 1.165) is 31.5 Å². The lowest BCUT2D eigenvalue weighted by atomic mass is 10.0. The second-order valence-electron chi connectivity index (χ2n) is 4.70. The molecule has 3 nitrogen and oxygen atoms in total. The molecule has 0 saturated carbocycles. The first kappa shape index (κ1) is 12.4. The van der Waals surface area contributed by atoms with Gasteiger partial charge in [0.05, 0.1) is 12.7 Å². The van der Waals surface area contributed by atoms with Crippen LogP contribution in [0, 0.1) is 6.92 Å². The lowest BCUT2D eigenvalue weighted by Gasteiger charge is -2.34. The van der Waals surface area contributed by atoms with Crippen molar-refractivity contribution in [3.8, 4) is 0 Å². The highest BCUT2D eigenvalue weighted by Gasteiger charge is 2.19. The molecular formula is C14H21NO2. The Morgan fingerprint density at radius 3 is 2.59 bits per heavy atom. The maximum atomic E-state index is 9.10. The summed E-state index contributed by atoms with van der Waals surface area (Å²) in [5.41, 5.74) is 3.52. The standard InChI is InChI=1S/C14H21NO2/c1-11-9-12(10-16)3-4-14(11)15-7-5-13(17-2)6-8-15/h3-4,9,13,16H,5-8,10H2,1-2H3. The van der Waals surface area contributed by atoms with Crippen molar-refractivity contribution >= 4 is 5.69 Å². The minimum absolute atomic E-state index is 0.118. The lowest BCUT2D eigenvalue weighted by molar-refractivity contribution is 0.0819. The van der Waals surface area contributed by atoms with Gasteiger partial charge in [-0.15, -0.1) is 0 Å². The van der Waals surface area contributed by atoms with E-state index in [1.165, 1.54) is 11.3 Å². The molecule has 94 valence electrons. The molecule has 0 amide bonds. The van der Waals surface area contributed by atoms with E-state index in [-0.39, 0.29) is 6.61 Å². The van der Waals surface area contributed by atoms with E-state index in [0.29, 0.717) is 6.10 Å². The number of rotatable bonds is 3. The summed E-state index contributed by atoms with van der Waals surface area (Å²) in [6.45, 7) is 4.33. The van der Waals surface area contributed by atoms with E-state index in [1.807, 2.05) is 6.07 Å². The van der Waals surface area contributed by atoms with Gasteiger partial charge in [-0.3, -0.25) is 0 Å². The molecule has 1 aliphatic rings. The summed E-state index contributed by atoms with van der Waals surface area (Å²) in [5, 5.41) is 9.10. The first-order valence-electron chi connectivity index (χ1n) is 6.22. The zero-order valence-corrected chi connectivity index (χ0v) is 10.6. The van der Waals surface area contributed by atoms with E-state index in [9.17, 15) is 0 Å². The summed E-state index contributed by atoms with van der Waals surface area (Å²) in [4.78, 5) is 2.41. The number of anilines is 1. The lowest BCUT2D eigenvalue weighted by Crippen LogP contribution is -2.37. The Labute approximate surface area is 103 Å². The van der Waals surface area contributed by atoms with Gasteiger partial charge in [-0.05, 0) is 37.0 Å². The Balaban J connectivity index is 2.08. The molecule has 1 aromatic carbocycles. The molecule has 1 aromatic rings. The topological polar surface area (TPSA) is 32.7 Å². The predicted octanol–water partition coefficient (Wildman–Crippen LogP) is 2.10. The Bertz CT molecular complexity index is 370. The average Bonchev–Trinajstić information content (AvgIpc) is 2.39. The molecule has 0 aromatic heterocycles. The van der Waals surface area contributed by atoms with E-state index in [2.05, 4.69) is 24.0 Å². The van der Waals surface area contributed by atoms with Crippen molar-refractivity contribution in [3.63, 3.8) is 0 Å². The molecule has 1 heterocycles. The van der Waals surface area contributed by atoms with Crippen LogP contribution in [0.5, 0.6) is 0 Å². The number of ether oxygens (including phenoxy) is 1. The highest BCUT2D eigenvalue weighted by molar-refractivity contribution is 5.54. The Kier molecular flexibility index (Phi) is 4.02. The van der Waals surface area contributed by atoms with Crippen molar-refractivity contribution in [2.45, 2.75) is 32.5 Å². The van der Waals surface area contributed by atoms with Crippen LogP contribution >= 0.6 is 0 Å². The number of methoxy groups -OCH3 is 1. The minimum Gasteiger partial charge on any atom is -0.392 e. The molecular weight excluding hydrogens is 214 g/mol. The van der Waals surface area contributed by atoms with E-state index < -0.39 is 0 Å². The van der Waals surface area contributed by atoms with Crippen LogP contribution < -0.4 is 4.90 Å². The van der Waals surface area contributed by atoms with Crippen LogP contribution in [0.2, 0.25) is 0 Å². The molecule has 1 aliphatic heterocycles. The second-order valence-corrected chi connectivity index (χ2v) is 4.70. The molecule has 0 spiro atoms. The number of hydrogen-bond donors (Lipinski definition) is 1. The maximum Gasteiger partial charge on any atom is 0.0681 e. The van der Waals surface area contributed by atoms with Crippen molar-refractivity contribution < 1.29 is 9.84 Å². The Morgan fingerprint density at radius 1 is 1.35 bits per heavy atom. The number of aliphatic hydroxyl groups excluding tert-OH is 1. The SMILES string of the molecule is COC1CCN(c2ccc(CO)cc2C)CC1. The van der Waals surface area contributed by atoms with Crippen molar-refractivity contribution in [2.24, 2.45) is 0 Å². The summed E-state index contributed by atoms with van der Waals surface area (Å²) in [6.07, 6.45) is 2.61. The van der Waals surface area contributed by atoms with Gasteiger partial charge < -0.3 is 14.7 Å². The predicted molar refractivity (Wildman–Crippen MR) is 69.3 cm³/mol. The second kappa shape index (κ2) is 5.52. The molecule has 17 heavy (non-hydrogen) atoms. The third-order valence-electron chi connectivity index (χ3n) is 3.56. The zero-order valence-electron chi connectivity index (χ0n) is 10.6. The fourth-order valence-electron chi connectivity index (χ4n) is 2.50. The largest absolute Gasteiger partial charge is 0.392 e. The van der Waals surface area contributed by atoms with Gasteiger partial charge in [-0.2, -0.15) is 0 Å². The average molecular weight is 235 g/mol. The van der Waals surface area contributed by atoms with Crippen LogP contribution in [0.3, 0.4) is 0 Å². The molecule has 2 rings (SSSR count). The van der Waals surface area contributed by atoms with Gasteiger partial charge in [0.1, 0.15) is 0 Å². The van der Waals surface area contributed by atoms with Gasteiger partial charge in [0.25, 0.3) is 0 Å². The van der Waals surface area contributed by atoms with Crippen LogP contribution in [-0.2, 0) is 11.3 Å². The van der Waals surface area contributed by atoms with E-state index in [1.54, 1.807) is 7.11 Å². The number of hydrogen-bond acceptors (Lipinski definition) is 3. The van der Waals surface area contributed by atoms with Gasteiger partial charge >= 0.3 is 0 Å². The molecule has 1 N–H and O–H groups in total. The summed E-state index contributed by atoms with van der Waals surface area (Å²) in [7, 11) is 1.79. The maximum absolute atomic E-state index is 9.10. The molecule has 3 heteroatoms. The quantitative estimate of drug-likeness (QED) is 0.871.